The Bertz CT molecular complexity index is 661. The first kappa shape index (κ1) is 14.1. The van der Waals surface area contributed by atoms with Crippen LogP contribution in [0, 0.1) is 0 Å². The van der Waals surface area contributed by atoms with E-state index in [2.05, 4.69) is 37.9 Å². The number of carbonyl (C=O) groups is 1. The molecule has 3 rings (SSSR count). The van der Waals surface area contributed by atoms with Gasteiger partial charge in [-0.1, -0.05) is 30.3 Å². The summed E-state index contributed by atoms with van der Waals surface area (Å²) in [5.41, 5.74) is 1.55. The van der Waals surface area contributed by atoms with Crippen molar-refractivity contribution in [2.24, 2.45) is 0 Å². The van der Waals surface area contributed by atoms with E-state index in [-0.39, 0.29) is 5.56 Å². The molecular weight excluding hydrogens is 332 g/mol. The molecule has 4 nitrogen and oxygen atoms in total. The third-order valence-electron chi connectivity index (χ3n) is 3.82. The molecule has 21 heavy (non-hydrogen) atoms. The number of benzene rings is 1. The van der Waals surface area contributed by atoms with E-state index in [1.165, 1.54) is 5.56 Å². The van der Waals surface area contributed by atoms with Crippen LogP contribution in [0.1, 0.15) is 28.3 Å². The van der Waals surface area contributed by atoms with Crippen LogP contribution in [-0.2, 0) is 0 Å². The number of hydrogen-bond acceptors (Lipinski definition) is 3. The van der Waals surface area contributed by atoms with Gasteiger partial charge in [0.1, 0.15) is 11.4 Å². The Morgan fingerprint density at radius 3 is 2.81 bits per heavy atom. The first-order chi connectivity index (χ1) is 10.1. The van der Waals surface area contributed by atoms with Gasteiger partial charge in [0.05, 0.1) is 0 Å². The predicted octanol–water partition coefficient (Wildman–Crippen LogP) is 3.54. The number of rotatable bonds is 3. The third kappa shape index (κ3) is 2.93. The largest absolute Gasteiger partial charge is 0.478 e. The van der Waals surface area contributed by atoms with Crippen LogP contribution in [-0.4, -0.2) is 29.1 Å². The van der Waals surface area contributed by atoms with Crippen LogP contribution in [0.2, 0.25) is 0 Å². The summed E-state index contributed by atoms with van der Waals surface area (Å²) in [7, 11) is 0. The second kappa shape index (κ2) is 5.85. The zero-order valence-corrected chi connectivity index (χ0v) is 13.0. The van der Waals surface area contributed by atoms with Gasteiger partial charge in [-0.15, -0.1) is 0 Å². The lowest BCUT2D eigenvalue weighted by molar-refractivity contribution is 0.0697. The monoisotopic (exact) mass is 346 g/mol. The molecule has 1 fully saturated rings. The van der Waals surface area contributed by atoms with Crippen molar-refractivity contribution >= 4 is 27.7 Å². The molecule has 2 aromatic rings. The predicted molar refractivity (Wildman–Crippen MR) is 84.9 cm³/mol. The highest BCUT2D eigenvalue weighted by molar-refractivity contribution is 9.10. The third-order valence-corrected chi connectivity index (χ3v) is 4.26. The lowest BCUT2D eigenvalue weighted by Gasteiger charge is -2.19. The fourth-order valence-electron chi connectivity index (χ4n) is 2.79. The van der Waals surface area contributed by atoms with E-state index in [4.69, 9.17) is 0 Å². The Morgan fingerprint density at radius 2 is 2.10 bits per heavy atom. The zero-order chi connectivity index (χ0) is 14.8. The Morgan fingerprint density at radius 1 is 1.33 bits per heavy atom. The van der Waals surface area contributed by atoms with E-state index < -0.39 is 5.97 Å². The molecule has 0 saturated carbocycles. The zero-order valence-electron chi connectivity index (χ0n) is 11.4. The quantitative estimate of drug-likeness (QED) is 0.923. The number of carboxylic acid groups (broad SMARTS) is 1. The van der Waals surface area contributed by atoms with E-state index in [9.17, 15) is 9.90 Å². The summed E-state index contributed by atoms with van der Waals surface area (Å²) in [6.07, 6.45) is 2.67. The smallest absolute Gasteiger partial charge is 0.339 e. The molecule has 1 aliphatic rings. The fraction of sp³-hybridized carbons (Fsp3) is 0.250. The topological polar surface area (TPSA) is 53.4 Å². The number of aromatic nitrogens is 1. The molecule has 108 valence electrons. The van der Waals surface area contributed by atoms with Gasteiger partial charge in [0.2, 0.25) is 0 Å². The molecule has 0 radical (unpaired) electrons. The number of hydrogen-bond donors (Lipinski definition) is 1. The van der Waals surface area contributed by atoms with Crippen molar-refractivity contribution in [2.45, 2.75) is 12.3 Å². The van der Waals surface area contributed by atoms with Gasteiger partial charge in [-0.05, 0) is 34.0 Å². The Balaban J connectivity index is 1.85. The van der Waals surface area contributed by atoms with Crippen molar-refractivity contribution in [1.29, 1.82) is 0 Å². The van der Waals surface area contributed by atoms with Gasteiger partial charge in [0.15, 0.2) is 0 Å². The van der Waals surface area contributed by atoms with Crippen molar-refractivity contribution < 1.29 is 9.90 Å². The first-order valence-electron chi connectivity index (χ1n) is 6.84. The van der Waals surface area contributed by atoms with E-state index in [1.54, 1.807) is 12.3 Å². The molecule has 1 N–H and O–H groups in total. The number of halogens is 1. The van der Waals surface area contributed by atoms with Crippen molar-refractivity contribution in [2.75, 3.05) is 18.0 Å². The number of aromatic carboxylic acids is 1. The van der Waals surface area contributed by atoms with Gasteiger partial charge in [-0.2, -0.15) is 0 Å². The SMILES string of the molecule is O=C(O)c1cc(Br)cnc1N1CCC(c2ccccc2)C1. The highest BCUT2D eigenvalue weighted by Gasteiger charge is 2.27. The molecule has 0 spiro atoms. The summed E-state index contributed by atoms with van der Waals surface area (Å²) in [6, 6.07) is 12.0. The lowest BCUT2D eigenvalue weighted by Crippen LogP contribution is -2.23. The molecule has 1 unspecified atom stereocenters. The molecule has 0 amide bonds. The average Bonchev–Trinajstić information content (AvgIpc) is 2.97. The van der Waals surface area contributed by atoms with E-state index in [0.29, 0.717) is 16.2 Å². The van der Waals surface area contributed by atoms with Crippen LogP contribution in [0.5, 0.6) is 0 Å². The second-order valence-corrected chi connectivity index (χ2v) is 6.09. The molecular formula is C16H15BrN2O2. The number of pyridine rings is 1. The normalized spacial score (nSPS) is 18.0. The van der Waals surface area contributed by atoms with Crippen LogP contribution < -0.4 is 4.90 Å². The van der Waals surface area contributed by atoms with Crippen LogP contribution in [0.4, 0.5) is 5.82 Å². The minimum absolute atomic E-state index is 0.248. The Hall–Kier alpha value is -1.88. The van der Waals surface area contributed by atoms with Gasteiger partial charge >= 0.3 is 5.97 Å². The minimum Gasteiger partial charge on any atom is -0.478 e. The summed E-state index contributed by atoms with van der Waals surface area (Å²) in [5, 5.41) is 9.35. The van der Waals surface area contributed by atoms with Gasteiger partial charge in [0.25, 0.3) is 0 Å². The average molecular weight is 347 g/mol. The highest BCUT2D eigenvalue weighted by atomic mass is 79.9. The van der Waals surface area contributed by atoms with Gasteiger partial charge in [-0.3, -0.25) is 0 Å². The maximum absolute atomic E-state index is 11.4. The molecule has 1 saturated heterocycles. The van der Waals surface area contributed by atoms with Crippen LogP contribution in [0.25, 0.3) is 0 Å². The molecule has 2 heterocycles. The minimum atomic E-state index is -0.943. The fourth-order valence-corrected chi connectivity index (χ4v) is 3.12. The number of nitrogens with zero attached hydrogens (tertiary/aromatic N) is 2. The maximum atomic E-state index is 11.4. The summed E-state index contributed by atoms with van der Waals surface area (Å²) >= 11 is 3.28. The van der Waals surface area contributed by atoms with Crippen molar-refractivity contribution in [1.82, 2.24) is 4.98 Å². The van der Waals surface area contributed by atoms with Gasteiger partial charge in [0, 0.05) is 29.7 Å². The Labute approximate surface area is 131 Å². The first-order valence-corrected chi connectivity index (χ1v) is 7.63. The van der Waals surface area contributed by atoms with Crippen LogP contribution in [0.3, 0.4) is 0 Å². The molecule has 0 bridgehead atoms. The van der Waals surface area contributed by atoms with Crippen LogP contribution >= 0.6 is 15.9 Å². The Kier molecular flexibility index (Phi) is 3.92. The molecule has 5 heteroatoms. The highest BCUT2D eigenvalue weighted by Crippen LogP contribution is 2.32. The lowest BCUT2D eigenvalue weighted by atomic mass is 9.99. The molecule has 1 atom stereocenters. The van der Waals surface area contributed by atoms with E-state index >= 15 is 0 Å². The van der Waals surface area contributed by atoms with Crippen molar-refractivity contribution in [3.05, 3.63) is 58.2 Å². The van der Waals surface area contributed by atoms with E-state index in [0.717, 1.165) is 19.5 Å². The summed E-state index contributed by atoms with van der Waals surface area (Å²) in [5.74, 6) is 0.0457. The van der Waals surface area contributed by atoms with Crippen molar-refractivity contribution in [3.63, 3.8) is 0 Å². The standard InChI is InChI=1S/C16H15BrN2O2/c17-13-8-14(16(20)21)15(18-9-13)19-7-6-12(10-19)11-4-2-1-3-5-11/h1-5,8-9,12H,6-7,10H2,(H,20,21). The molecule has 0 aliphatic carbocycles. The summed E-state index contributed by atoms with van der Waals surface area (Å²) in [4.78, 5) is 17.8. The molecule has 1 aliphatic heterocycles. The van der Waals surface area contributed by atoms with Crippen LogP contribution in [0.15, 0.2) is 47.1 Å². The van der Waals surface area contributed by atoms with Crippen molar-refractivity contribution in [3.8, 4) is 0 Å². The molecule has 1 aromatic heterocycles. The summed E-state index contributed by atoms with van der Waals surface area (Å²) in [6.45, 7) is 1.63. The maximum Gasteiger partial charge on any atom is 0.339 e. The molecule has 1 aromatic carbocycles. The van der Waals surface area contributed by atoms with Gasteiger partial charge in [-0.25, -0.2) is 9.78 Å². The number of carboxylic acids is 1. The van der Waals surface area contributed by atoms with Gasteiger partial charge < -0.3 is 10.0 Å². The summed E-state index contributed by atoms with van der Waals surface area (Å²) < 4.78 is 0.683. The second-order valence-electron chi connectivity index (χ2n) is 5.17. The number of anilines is 1. The van der Waals surface area contributed by atoms with E-state index in [1.807, 2.05) is 18.2 Å².